The molecule has 0 radical (unpaired) electrons. The zero-order chi connectivity index (χ0) is 9.98. The molecule has 0 fully saturated rings. The second-order valence-corrected chi connectivity index (χ2v) is 2.36. The van der Waals surface area contributed by atoms with Crippen molar-refractivity contribution in [2.45, 2.75) is 39.5 Å². The van der Waals surface area contributed by atoms with E-state index in [1.165, 1.54) is 12.8 Å². The van der Waals surface area contributed by atoms with E-state index in [0.29, 0.717) is 0 Å². The number of aliphatic carboxylic acids is 1. The van der Waals surface area contributed by atoms with Crippen molar-refractivity contribution in [2.24, 2.45) is 5.73 Å². The van der Waals surface area contributed by atoms with Crippen LogP contribution in [0.15, 0.2) is 0 Å². The van der Waals surface area contributed by atoms with E-state index < -0.39 is 11.9 Å². The third-order valence-electron chi connectivity index (χ3n) is 1.09. The van der Waals surface area contributed by atoms with Gasteiger partial charge in [0.05, 0.1) is 6.42 Å². The van der Waals surface area contributed by atoms with E-state index in [4.69, 9.17) is 5.11 Å². The van der Waals surface area contributed by atoms with Crippen LogP contribution < -0.4 is 5.73 Å². The second kappa shape index (κ2) is 9.94. The van der Waals surface area contributed by atoms with Crippen LogP contribution in [-0.4, -0.2) is 17.0 Å². The van der Waals surface area contributed by atoms with Gasteiger partial charge in [-0.3, -0.25) is 9.59 Å². The molecule has 0 heterocycles. The molecule has 0 spiro atoms. The van der Waals surface area contributed by atoms with Gasteiger partial charge in [0.2, 0.25) is 5.91 Å². The molecule has 1 amide bonds. The first-order chi connectivity index (χ1) is 5.54. The predicted molar refractivity (Wildman–Crippen MR) is 46.6 cm³/mol. The standard InChI is InChI=1S/C4H7NO3.C4H10/c5-3(6)1-2-4(7)8;1-3-4-2/h1-2H2,(H2,5,6)(H,7,8);3-4H2,1-2H3. The molecule has 4 heteroatoms. The molecule has 0 bridgehead atoms. The van der Waals surface area contributed by atoms with Gasteiger partial charge in [0, 0.05) is 6.42 Å². The molecule has 4 nitrogen and oxygen atoms in total. The van der Waals surface area contributed by atoms with Gasteiger partial charge in [-0.2, -0.15) is 0 Å². The van der Waals surface area contributed by atoms with E-state index in [2.05, 4.69) is 19.6 Å². The van der Waals surface area contributed by atoms with Gasteiger partial charge in [-0.05, 0) is 0 Å². The molecular formula is C8H17NO3. The van der Waals surface area contributed by atoms with Crippen LogP contribution in [-0.2, 0) is 9.59 Å². The summed E-state index contributed by atoms with van der Waals surface area (Å²) in [6.07, 6.45) is 2.39. The molecule has 0 aliphatic rings. The average molecular weight is 175 g/mol. The van der Waals surface area contributed by atoms with Gasteiger partial charge in [-0.15, -0.1) is 0 Å². The number of amides is 1. The number of primary amides is 1. The lowest BCUT2D eigenvalue weighted by Gasteiger charge is -1.86. The molecule has 0 atom stereocenters. The van der Waals surface area contributed by atoms with Gasteiger partial charge >= 0.3 is 5.97 Å². The van der Waals surface area contributed by atoms with E-state index in [-0.39, 0.29) is 12.8 Å². The molecule has 0 saturated heterocycles. The highest BCUT2D eigenvalue weighted by atomic mass is 16.4. The fraction of sp³-hybridized carbons (Fsp3) is 0.750. The maximum atomic E-state index is 9.86. The van der Waals surface area contributed by atoms with Crippen molar-refractivity contribution in [3.63, 3.8) is 0 Å². The lowest BCUT2D eigenvalue weighted by molar-refractivity contribution is -0.138. The summed E-state index contributed by atoms with van der Waals surface area (Å²) in [5, 5.41) is 7.95. The minimum atomic E-state index is -0.996. The van der Waals surface area contributed by atoms with Gasteiger partial charge < -0.3 is 10.8 Å². The van der Waals surface area contributed by atoms with Crippen LogP contribution >= 0.6 is 0 Å². The Kier molecular flexibility index (Phi) is 11.2. The number of nitrogens with two attached hydrogens (primary N) is 1. The van der Waals surface area contributed by atoms with Gasteiger partial charge in [0.15, 0.2) is 0 Å². The summed E-state index contributed by atoms with van der Waals surface area (Å²) in [5.41, 5.74) is 4.64. The van der Waals surface area contributed by atoms with Crippen LogP contribution in [0, 0.1) is 0 Å². The number of hydrogen-bond donors (Lipinski definition) is 2. The molecule has 0 aliphatic heterocycles. The molecule has 0 aromatic rings. The molecule has 0 rings (SSSR count). The maximum absolute atomic E-state index is 9.86. The fourth-order valence-electron chi connectivity index (χ4n) is 0.230. The van der Waals surface area contributed by atoms with Crippen molar-refractivity contribution in [1.29, 1.82) is 0 Å². The molecule has 0 aliphatic carbocycles. The number of carbonyl (C=O) groups excluding carboxylic acids is 1. The minimum absolute atomic E-state index is 0.0741. The molecule has 3 N–H and O–H groups in total. The molecule has 72 valence electrons. The minimum Gasteiger partial charge on any atom is -0.481 e. The quantitative estimate of drug-likeness (QED) is 0.672. The molecule has 0 aromatic carbocycles. The number of hydrogen-bond acceptors (Lipinski definition) is 2. The van der Waals surface area contributed by atoms with Gasteiger partial charge in [0.1, 0.15) is 0 Å². The van der Waals surface area contributed by atoms with E-state index in [9.17, 15) is 9.59 Å². The van der Waals surface area contributed by atoms with Crippen LogP contribution in [0.25, 0.3) is 0 Å². The van der Waals surface area contributed by atoms with Crippen molar-refractivity contribution in [1.82, 2.24) is 0 Å². The topological polar surface area (TPSA) is 80.4 Å². The fourth-order valence-corrected chi connectivity index (χ4v) is 0.230. The first kappa shape index (κ1) is 13.5. The zero-order valence-electron chi connectivity index (χ0n) is 7.67. The van der Waals surface area contributed by atoms with Crippen LogP contribution in [0.2, 0.25) is 0 Å². The Hall–Kier alpha value is -1.06. The van der Waals surface area contributed by atoms with Crippen LogP contribution in [0.3, 0.4) is 0 Å². The summed E-state index contributed by atoms with van der Waals surface area (Å²) in [6.45, 7) is 4.36. The SMILES string of the molecule is CCCC.NC(=O)CCC(=O)O. The Morgan fingerprint density at radius 2 is 1.58 bits per heavy atom. The predicted octanol–water partition coefficient (Wildman–Crippen LogP) is 1.14. The highest BCUT2D eigenvalue weighted by Crippen LogP contribution is 1.84. The summed E-state index contributed by atoms with van der Waals surface area (Å²) in [7, 11) is 0. The van der Waals surface area contributed by atoms with Crippen molar-refractivity contribution in [3.8, 4) is 0 Å². The summed E-state index contributed by atoms with van der Waals surface area (Å²) in [6, 6.07) is 0. The number of carboxylic acids is 1. The van der Waals surface area contributed by atoms with Crippen molar-refractivity contribution in [2.75, 3.05) is 0 Å². The summed E-state index contributed by atoms with van der Waals surface area (Å²) >= 11 is 0. The highest BCUT2D eigenvalue weighted by molar-refractivity contribution is 5.79. The lowest BCUT2D eigenvalue weighted by atomic mass is 10.3. The lowest BCUT2D eigenvalue weighted by Crippen LogP contribution is -2.12. The van der Waals surface area contributed by atoms with E-state index in [0.717, 1.165) is 0 Å². The summed E-state index contributed by atoms with van der Waals surface area (Å²) in [5.74, 6) is -1.57. The molecule has 12 heavy (non-hydrogen) atoms. The number of carbonyl (C=O) groups is 2. The molecular weight excluding hydrogens is 158 g/mol. The van der Waals surface area contributed by atoms with Crippen LogP contribution in [0.4, 0.5) is 0 Å². The van der Waals surface area contributed by atoms with Crippen LogP contribution in [0.1, 0.15) is 39.5 Å². The first-order valence-corrected chi connectivity index (χ1v) is 4.04. The smallest absolute Gasteiger partial charge is 0.303 e. The molecule has 0 aromatic heterocycles. The van der Waals surface area contributed by atoms with Crippen molar-refractivity contribution in [3.05, 3.63) is 0 Å². The Morgan fingerprint density at radius 3 is 1.67 bits per heavy atom. The van der Waals surface area contributed by atoms with E-state index in [1.54, 1.807) is 0 Å². The molecule has 0 saturated carbocycles. The maximum Gasteiger partial charge on any atom is 0.303 e. The Balaban J connectivity index is 0. The van der Waals surface area contributed by atoms with Crippen LogP contribution in [0.5, 0.6) is 0 Å². The largest absolute Gasteiger partial charge is 0.481 e. The Bertz CT molecular complexity index is 118. The van der Waals surface area contributed by atoms with Crippen molar-refractivity contribution >= 4 is 11.9 Å². The van der Waals surface area contributed by atoms with Gasteiger partial charge in [-0.1, -0.05) is 26.7 Å². The Morgan fingerprint density at radius 1 is 1.17 bits per heavy atom. The number of rotatable bonds is 4. The third-order valence-corrected chi connectivity index (χ3v) is 1.09. The monoisotopic (exact) mass is 175 g/mol. The average Bonchev–Trinajstić information content (AvgIpc) is 2.01. The highest BCUT2D eigenvalue weighted by Gasteiger charge is 1.98. The first-order valence-electron chi connectivity index (χ1n) is 4.04. The van der Waals surface area contributed by atoms with E-state index in [1.807, 2.05) is 0 Å². The second-order valence-electron chi connectivity index (χ2n) is 2.36. The normalized spacial score (nSPS) is 8.17. The molecule has 0 unspecified atom stereocenters. The van der Waals surface area contributed by atoms with Crippen molar-refractivity contribution < 1.29 is 14.7 Å². The van der Waals surface area contributed by atoms with E-state index >= 15 is 0 Å². The third kappa shape index (κ3) is 23.1. The summed E-state index contributed by atoms with van der Waals surface area (Å²) in [4.78, 5) is 19.6. The number of unbranched alkanes of at least 4 members (excludes halogenated alkanes) is 1. The van der Waals surface area contributed by atoms with Gasteiger partial charge in [-0.25, -0.2) is 0 Å². The number of carboxylic acid groups (broad SMARTS) is 1. The summed E-state index contributed by atoms with van der Waals surface area (Å²) < 4.78 is 0. The van der Waals surface area contributed by atoms with Gasteiger partial charge in [0.25, 0.3) is 0 Å². The Labute approximate surface area is 72.8 Å². The zero-order valence-corrected chi connectivity index (χ0v) is 7.67.